The Bertz CT molecular complexity index is 487. The van der Waals surface area contributed by atoms with Crippen molar-refractivity contribution in [3.63, 3.8) is 0 Å². The van der Waals surface area contributed by atoms with Crippen molar-refractivity contribution in [2.45, 2.75) is 0 Å². The summed E-state index contributed by atoms with van der Waals surface area (Å²) in [5.41, 5.74) is 0.746. The normalized spacial score (nSPS) is 9.93. The summed E-state index contributed by atoms with van der Waals surface area (Å²) in [7, 11) is 0. The van der Waals surface area contributed by atoms with Gasteiger partial charge in [0.1, 0.15) is 10.8 Å². The van der Waals surface area contributed by atoms with Crippen LogP contribution in [0.25, 0.3) is 0 Å². The Balaban J connectivity index is 2.37. The standard InChI is InChI=1S/C10H6ClN3O/c11-9-5-7(1-2-14-9)10(15)8-6-12-3-4-13-8/h1-6H. The highest BCUT2D eigenvalue weighted by Crippen LogP contribution is 2.10. The summed E-state index contributed by atoms with van der Waals surface area (Å²) >= 11 is 5.68. The predicted octanol–water partition coefficient (Wildman–Crippen LogP) is 1.76. The van der Waals surface area contributed by atoms with Crippen LogP contribution in [0.5, 0.6) is 0 Å². The zero-order chi connectivity index (χ0) is 10.7. The minimum absolute atomic E-state index is 0.215. The summed E-state index contributed by atoms with van der Waals surface area (Å²) in [4.78, 5) is 23.3. The van der Waals surface area contributed by atoms with E-state index < -0.39 is 0 Å². The number of nitrogens with zero attached hydrogens (tertiary/aromatic N) is 3. The number of carbonyl (C=O) groups excluding carboxylic acids is 1. The van der Waals surface area contributed by atoms with E-state index in [-0.39, 0.29) is 10.9 Å². The first-order chi connectivity index (χ1) is 7.27. The zero-order valence-electron chi connectivity index (χ0n) is 7.59. The SMILES string of the molecule is O=C(c1ccnc(Cl)c1)c1cnccn1. The van der Waals surface area contributed by atoms with Crippen molar-refractivity contribution in [2.24, 2.45) is 0 Å². The number of halogens is 1. The molecule has 4 nitrogen and oxygen atoms in total. The van der Waals surface area contributed by atoms with Gasteiger partial charge in [0.15, 0.2) is 0 Å². The Morgan fingerprint density at radius 3 is 2.73 bits per heavy atom. The summed E-state index contributed by atoms with van der Waals surface area (Å²) in [6.07, 6.45) is 5.87. The molecule has 0 unspecified atom stereocenters. The van der Waals surface area contributed by atoms with Crippen molar-refractivity contribution in [2.75, 3.05) is 0 Å². The number of ketones is 1. The number of carbonyl (C=O) groups is 1. The molecule has 74 valence electrons. The molecule has 5 heteroatoms. The molecule has 0 spiro atoms. The van der Waals surface area contributed by atoms with Crippen molar-refractivity contribution in [1.29, 1.82) is 0 Å². The third-order valence-corrected chi connectivity index (χ3v) is 1.99. The highest BCUT2D eigenvalue weighted by atomic mass is 35.5. The Morgan fingerprint density at radius 2 is 2.07 bits per heavy atom. The predicted molar refractivity (Wildman–Crippen MR) is 54.7 cm³/mol. The number of aromatic nitrogens is 3. The molecule has 15 heavy (non-hydrogen) atoms. The van der Waals surface area contributed by atoms with E-state index in [0.717, 1.165) is 0 Å². The van der Waals surface area contributed by atoms with E-state index in [2.05, 4.69) is 15.0 Å². The van der Waals surface area contributed by atoms with Crippen molar-refractivity contribution < 1.29 is 4.79 Å². The van der Waals surface area contributed by atoms with Crippen LogP contribution in [-0.4, -0.2) is 20.7 Å². The van der Waals surface area contributed by atoms with Gasteiger partial charge in [-0.25, -0.2) is 9.97 Å². The second kappa shape index (κ2) is 4.14. The van der Waals surface area contributed by atoms with E-state index in [1.165, 1.54) is 30.9 Å². The van der Waals surface area contributed by atoms with Gasteiger partial charge in [-0.1, -0.05) is 11.6 Å². The van der Waals surface area contributed by atoms with Gasteiger partial charge in [-0.3, -0.25) is 9.78 Å². The first-order valence-corrected chi connectivity index (χ1v) is 4.57. The molecule has 0 fully saturated rings. The summed E-state index contributed by atoms with van der Waals surface area (Å²) in [6, 6.07) is 3.08. The molecule has 0 radical (unpaired) electrons. The van der Waals surface area contributed by atoms with Crippen LogP contribution in [-0.2, 0) is 0 Å². The Morgan fingerprint density at radius 1 is 1.20 bits per heavy atom. The van der Waals surface area contributed by atoms with E-state index in [1.54, 1.807) is 6.07 Å². The maximum Gasteiger partial charge on any atom is 0.213 e. The highest BCUT2D eigenvalue weighted by Gasteiger charge is 2.10. The van der Waals surface area contributed by atoms with E-state index in [9.17, 15) is 4.79 Å². The molecule has 2 aromatic rings. The third-order valence-electron chi connectivity index (χ3n) is 1.78. The van der Waals surface area contributed by atoms with E-state index in [4.69, 9.17) is 11.6 Å². The van der Waals surface area contributed by atoms with Gasteiger partial charge in [-0.05, 0) is 12.1 Å². The maximum absolute atomic E-state index is 11.8. The third kappa shape index (κ3) is 2.16. The van der Waals surface area contributed by atoms with Crippen LogP contribution in [0.1, 0.15) is 16.1 Å². The molecular weight excluding hydrogens is 214 g/mol. The monoisotopic (exact) mass is 219 g/mol. The molecule has 0 amide bonds. The van der Waals surface area contributed by atoms with E-state index in [1.807, 2.05) is 0 Å². The topological polar surface area (TPSA) is 55.7 Å². The minimum atomic E-state index is -0.215. The molecule has 0 aliphatic rings. The van der Waals surface area contributed by atoms with Gasteiger partial charge < -0.3 is 0 Å². The molecule has 0 aromatic carbocycles. The van der Waals surface area contributed by atoms with E-state index in [0.29, 0.717) is 11.3 Å². The fraction of sp³-hybridized carbons (Fsp3) is 0. The second-order valence-corrected chi connectivity index (χ2v) is 3.17. The average molecular weight is 220 g/mol. The van der Waals surface area contributed by atoms with Crippen LogP contribution in [0, 0.1) is 0 Å². The first kappa shape index (κ1) is 9.73. The fourth-order valence-electron chi connectivity index (χ4n) is 1.11. The number of pyridine rings is 1. The van der Waals surface area contributed by atoms with Crippen LogP contribution in [0.3, 0.4) is 0 Å². The molecular formula is C10H6ClN3O. The van der Waals surface area contributed by atoms with Crippen molar-refractivity contribution in [1.82, 2.24) is 15.0 Å². The van der Waals surface area contributed by atoms with Gasteiger partial charge in [-0.2, -0.15) is 0 Å². The van der Waals surface area contributed by atoms with Gasteiger partial charge in [-0.15, -0.1) is 0 Å². The van der Waals surface area contributed by atoms with Crippen LogP contribution >= 0.6 is 11.6 Å². The lowest BCUT2D eigenvalue weighted by Gasteiger charge is -1.99. The molecule has 0 N–H and O–H groups in total. The summed E-state index contributed by atoms with van der Waals surface area (Å²) in [6.45, 7) is 0. The minimum Gasteiger partial charge on any atom is -0.287 e. The van der Waals surface area contributed by atoms with Crippen LogP contribution in [0.2, 0.25) is 5.15 Å². The van der Waals surface area contributed by atoms with Gasteiger partial charge in [0.05, 0.1) is 6.20 Å². The van der Waals surface area contributed by atoms with Crippen LogP contribution in [0.15, 0.2) is 36.9 Å². The lowest BCUT2D eigenvalue weighted by Crippen LogP contribution is -2.04. The largest absolute Gasteiger partial charge is 0.287 e. The first-order valence-electron chi connectivity index (χ1n) is 4.19. The number of hydrogen-bond acceptors (Lipinski definition) is 4. The van der Waals surface area contributed by atoms with Gasteiger partial charge >= 0.3 is 0 Å². The smallest absolute Gasteiger partial charge is 0.213 e. The van der Waals surface area contributed by atoms with Gasteiger partial charge in [0.2, 0.25) is 5.78 Å². The molecule has 0 atom stereocenters. The molecule has 0 saturated carbocycles. The molecule has 2 heterocycles. The molecule has 0 aliphatic carbocycles. The molecule has 0 bridgehead atoms. The molecule has 0 saturated heterocycles. The molecule has 2 aromatic heterocycles. The Labute approximate surface area is 91.0 Å². The molecule has 2 rings (SSSR count). The summed E-state index contributed by atoms with van der Waals surface area (Å²) in [5.74, 6) is -0.215. The van der Waals surface area contributed by atoms with Crippen LogP contribution < -0.4 is 0 Å². The summed E-state index contributed by atoms with van der Waals surface area (Å²) in [5, 5.41) is 0.282. The van der Waals surface area contributed by atoms with E-state index >= 15 is 0 Å². The number of rotatable bonds is 2. The van der Waals surface area contributed by atoms with Crippen molar-refractivity contribution in [3.8, 4) is 0 Å². The fourth-order valence-corrected chi connectivity index (χ4v) is 1.28. The Kier molecular flexibility index (Phi) is 2.69. The quantitative estimate of drug-likeness (QED) is 0.571. The average Bonchev–Trinajstić information content (AvgIpc) is 2.29. The highest BCUT2D eigenvalue weighted by molar-refractivity contribution is 6.29. The lowest BCUT2D eigenvalue weighted by atomic mass is 10.1. The zero-order valence-corrected chi connectivity index (χ0v) is 8.35. The molecule has 0 aliphatic heterocycles. The van der Waals surface area contributed by atoms with Gasteiger partial charge in [0, 0.05) is 24.2 Å². The second-order valence-electron chi connectivity index (χ2n) is 2.79. The lowest BCUT2D eigenvalue weighted by molar-refractivity contribution is 0.103. The van der Waals surface area contributed by atoms with Crippen LogP contribution in [0.4, 0.5) is 0 Å². The van der Waals surface area contributed by atoms with Crippen molar-refractivity contribution in [3.05, 3.63) is 53.3 Å². The number of hydrogen-bond donors (Lipinski definition) is 0. The van der Waals surface area contributed by atoms with Crippen molar-refractivity contribution >= 4 is 17.4 Å². The summed E-state index contributed by atoms with van der Waals surface area (Å²) < 4.78 is 0. The van der Waals surface area contributed by atoms with Gasteiger partial charge in [0.25, 0.3) is 0 Å². The Hall–Kier alpha value is -1.81. The maximum atomic E-state index is 11.8.